The standard InChI is InChI=1S/C14H12F4N2O3S/c15-11-4-1-5-12(7-11)24(21,22)20-8-10-3-2-6-19-13(10)23-9-14(16,17)18/h1-7,20H,8-9H2. The number of hydrogen-bond donors (Lipinski definition) is 1. The van der Waals surface area contributed by atoms with E-state index in [0.717, 1.165) is 12.1 Å². The van der Waals surface area contributed by atoms with Gasteiger partial charge in [-0.25, -0.2) is 22.5 Å². The molecule has 0 unspecified atom stereocenters. The Bertz CT molecular complexity index is 810. The van der Waals surface area contributed by atoms with E-state index in [2.05, 4.69) is 14.4 Å². The van der Waals surface area contributed by atoms with Crippen LogP contribution < -0.4 is 9.46 Å². The predicted molar refractivity (Wildman–Crippen MR) is 76.2 cm³/mol. The number of alkyl halides is 3. The van der Waals surface area contributed by atoms with E-state index >= 15 is 0 Å². The lowest BCUT2D eigenvalue weighted by molar-refractivity contribution is -0.154. The van der Waals surface area contributed by atoms with Gasteiger partial charge in [-0.3, -0.25) is 0 Å². The molecule has 0 radical (unpaired) electrons. The van der Waals surface area contributed by atoms with Crippen LogP contribution in [0.5, 0.6) is 5.88 Å². The van der Waals surface area contributed by atoms with Crippen molar-refractivity contribution in [3.8, 4) is 5.88 Å². The van der Waals surface area contributed by atoms with Crippen LogP contribution in [0.2, 0.25) is 0 Å². The van der Waals surface area contributed by atoms with Crippen molar-refractivity contribution in [2.24, 2.45) is 0 Å². The van der Waals surface area contributed by atoms with E-state index in [0.29, 0.717) is 0 Å². The smallest absolute Gasteiger partial charge is 0.422 e. The topological polar surface area (TPSA) is 68.3 Å². The van der Waals surface area contributed by atoms with Gasteiger partial charge in [0.2, 0.25) is 15.9 Å². The highest BCUT2D eigenvalue weighted by molar-refractivity contribution is 7.89. The van der Waals surface area contributed by atoms with E-state index in [1.807, 2.05) is 0 Å². The molecule has 24 heavy (non-hydrogen) atoms. The number of sulfonamides is 1. The number of rotatable bonds is 6. The zero-order valence-corrected chi connectivity index (χ0v) is 12.9. The van der Waals surface area contributed by atoms with Crippen LogP contribution >= 0.6 is 0 Å². The molecule has 0 aliphatic heterocycles. The fourth-order valence-corrected chi connectivity index (χ4v) is 2.77. The van der Waals surface area contributed by atoms with Crippen molar-refractivity contribution in [3.05, 3.63) is 54.0 Å². The SMILES string of the molecule is O=S(=O)(NCc1cccnc1OCC(F)(F)F)c1cccc(F)c1. The van der Waals surface area contributed by atoms with Crippen molar-refractivity contribution in [1.29, 1.82) is 0 Å². The Kier molecular flexibility index (Phi) is 5.40. The predicted octanol–water partition coefficient (Wildman–Crippen LogP) is 2.64. The molecule has 0 bridgehead atoms. The molecule has 130 valence electrons. The summed E-state index contributed by atoms with van der Waals surface area (Å²) in [5.74, 6) is -1.06. The lowest BCUT2D eigenvalue weighted by Crippen LogP contribution is -2.25. The molecule has 0 atom stereocenters. The van der Waals surface area contributed by atoms with Crippen molar-refractivity contribution in [1.82, 2.24) is 9.71 Å². The van der Waals surface area contributed by atoms with Gasteiger partial charge in [-0.05, 0) is 24.3 Å². The van der Waals surface area contributed by atoms with Gasteiger partial charge in [-0.15, -0.1) is 0 Å². The molecule has 1 N–H and O–H groups in total. The molecule has 1 aromatic heterocycles. The quantitative estimate of drug-likeness (QED) is 0.801. The number of aromatic nitrogens is 1. The van der Waals surface area contributed by atoms with Gasteiger partial charge >= 0.3 is 6.18 Å². The molecule has 2 rings (SSSR count). The highest BCUT2D eigenvalue weighted by Crippen LogP contribution is 2.20. The first-order valence-electron chi connectivity index (χ1n) is 6.56. The summed E-state index contributed by atoms with van der Waals surface area (Å²) < 4.78 is 80.6. The van der Waals surface area contributed by atoms with Gasteiger partial charge in [-0.1, -0.05) is 12.1 Å². The van der Waals surface area contributed by atoms with E-state index in [-0.39, 0.29) is 22.9 Å². The number of benzene rings is 1. The molecule has 2 aromatic rings. The van der Waals surface area contributed by atoms with Gasteiger partial charge in [0.05, 0.1) is 4.90 Å². The van der Waals surface area contributed by atoms with E-state index in [9.17, 15) is 26.0 Å². The molecule has 1 aromatic carbocycles. The highest BCUT2D eigenvalue weighted by Gasteiger charge is 2.29. The number of pyridine rings is 1. The van der Waals surface area contributed by atoms with Crippen molar-refractivity contribution < 1.29 is 30.7 Å². The third-order valence-corrected chi connectivity index (χ3v) is 4.18. The van der Waals surface area contributed by atoms with Crippen LogP contribution in [0, 0.1) is 5.82 Å². The zero-order valence-electron chi connectivity index (χ0n) is 12.0. The monoisotopic (exact) mass is 364 g/mol. The van der Waals surface area contributed by atoms with Crippen LogP contribution in [-0.4, -0.2) is 26.2 Å². The second-order valence-electron chi connectivity index (χ2n) is 4.65. The molecule has 0 saturated carbocycles. The maximum absolute atomic E-state index is 13.1. The lowest BCUT2D eigenvalue weighted by Gasteiger charge is -2.12. The minimum Gasteiger partial charge on any atom is -0.468 e. The van der Waals surface area contributed by atoms with Crippen molar-refractivity contribution in [3.63, 3.8) is 0 Å². The second kappa shape index (κ2) is 7.14. The molecule has 0 fully saturated rings. The molecule has 10 heteroatoms. The molecule has 5 nitrogen and oxygen atoms in total. The summed E-state index contributed by atoms with van der Waals surface area (Å²) in [7, 11) is -4.04. The summed E-state index contributed by atoms with van der Waals surface area (Å²) in [6.45, 7) is -1.91. The molecule has 0 spiro atoms. The third-order valence-electron chi connectivity index (χ3n) is 2.78. The summed E-state index contributed by atoms with van der Waals surface area (Å²) in [4.78, 5) is 3.35. The fourth-order valence-electron chi connectivity index (χ4n) is 1.73. The normalized spacial score (nSPS) is 12.2. The van der Waals surface area contributed by atoms with Crippen molar-refractivity contribution in [2.75, 3.05) is 6.61 Å². The first-order chi connectivity index (χ1) is 11.2. The van der Waals surface area contributed by atoms with E-state index in [1.54, 1.807) is 0 Å². The Morgan fingerprint density at radius 1 is 1.17 bits per heavy atom. The lowest BCUT2D eigenvalue weighted by atomic mass is 10.3. The molecule has 0 aliphatic rings. The van der Waals surface area contributed by atoms with Gasteiger partial charge in [-0.2, -0.15) is 13.2 Å². The summed E-state index contributed by atoms with van der Waals surface area (Å²) >= 11 is 0. The van der Waals surface area contributed by atoms with Crippen molar-refractivity contribution >= 4 is 10.0 Å². The number of ether oxygens (including phenoxy) is 1. The Morgan fingerprint density at radius 3 is 2.58 bits per heavy atom. The number of nitrogens with one attached hydrogen (secondary N) is 1. The Morgan fingerprint density at radius 2 is 1.92 bits per heavy atom. The van der Waals surface area contributed by atoms with Crippen LogP contribution in [0.25, 0.3) is 0 Å². The first kappa shape index (κ1) is 18.1. The molecule has 0 amide bonds. The van der Waals surface area contributed by atoms with E-state index < -0.39 is 28.6 Å². The summed E-state index contributed by atoms with van der Waals surface area (Å²) in [5.41, 5.74) is 0.113. The van der Waals surface area contributed by atoms with Gasteiger partial charge in [0.25, 0.3) is 0 Å². The maximum atomic E-state index is 13.1. The highest BCUT2D eigenvalue weighted by atomic mass is 32.2. The van der Waals surface area contributed by atoms with E-state index in [1.165, 1.54) is 30.5 Å². The van der Waals surface area contributed by atoms with E-state index in [4.69, 9.17) is 0 Å². The average Bonchev–Trinajstić information content (AvgIpc) is 2.51. The average molecular weight is 364 g/mol. The largest absolute Gasteiger partial charge is 0.468 e. The van der Waals surface area contributed by atoms with Crippen molar-refractivity contribution in [2.45, 2.75) is 17.6 Å². The molecule has 1 heterocycles. The van der Waals surface area contributed by atoms with Crippen LogP contribution in [-0.2, 0) is 16.6 Å². The van der Waals surface area contributed by atoms with Crippen LogP contribution in [0.4, 0.5) is 17.6 Å². The summed E-state index contributed by atoms with van der Waals surface area (Å²) in [5, 5.41) is 0. The van der Waals surface area contributed by atoms with Gasteiger partial charge in [0.1, 0.15) is 5.82 Å². The number of hydrogen-bond acceptors (Lipinski definition) is 4. The minimum atomic E-state index is -4.55. The third kappa shape index (κ3) is 5.17. The zero-order chi connectivity index (χ0) is 17.8. The van der Waals surface area contributed by atoms with Gasteiger partial charge in [0.15, 0.2) is 6.61 Å². The summed E-state index contributed by atoms with van der Waals surface area (Å²) in [6.07, 6.45) is -3.33. The Hall–Kier alpha value is -2.20. The first-order valence-corrected chi connectivity index (χ1v) is 8.04. The fraction of sp³-hybridized carbons (Fsp3) is 0.214. The summed E-state index contributed by atoms with van der Waals surface area (Å²) in [6, 6.07) is 7.12. The molecular weight excluding hydrogens is 352 g/mol. The van der Waals surface area contributed by atoms with Gasteiger partial charge in [0, 0.05) is 18.3 Å². The Labute approximate surface area is 135 Å². The van der Waals surface area contributed by atoms with Gasteiger partial charge < -0.3 is 4.74 Å². The molecule has 0 aliphatic carbocycles. The maximum Gasteiger partial charge on any atom is 0.422 e. The molecular formula is C14H12F4N2O3S. The molecule has 0 saturated heterocycles. The number of halogens is 4. The Balaban J connectivity index is 2.12. The second-order valence-corrected chi connectivity index (χ2v) is 6.42. The van der Waals surface area contributed by atoms with Crippen LogP contribution in [0.3, 0.4) is 0 Å². The van der Waals surface area contributed by atoms with Crippen LogP contribution in [0.1, 0.15) is 5.56 Å². The van der Waals surface area contributed by atoms with Crippen LogP contribution in [0.15, 0.2) is 47.5 Å². The minimum absolute atomic E-state index is 0.113. The number of nitrogens with zero attached hydrogens (tertiary/aromatic N) is 1.